The molecule has 1 aliphatic carbocycles. The molecule has 0 aliphatic heterocycles. The molecule has 1 aliphatic rings. The van der Waals surface area contributed by atoms with E-state index in [0.717, 1.165) is 12.8 Å². The second kappa shape index (κ2) is 5.61. The molecule has 0 amide bonds. The van der Waals surface area contributed by atoms with Gasteiger partial charge in [-0.05, 0) is 30.9 Å². The molecule has 0 aromatic heterocycles. The van der Waals surface area contributed by atoms with Gasteiger partial charge in [-0.3, -0.25) is 9.10 Å². The molecular weight excluding hydrogens is 266 g/mol. The molecule has 0 heterocycles. The van der Waals surface area contributed by atoms with Gasteiger partial charge in [0.1, 0.15) is 0 Å². The Hall–Kier alpha value is -1.56. The molecule has 2 rings (SSSR count). The van der Waals surface area contributed by atoms with Crippen LogP contribution in [0.3, 0.4) is 0 Å². The van der Waals surface area contributed by atoms with E-state index in [1.165, 1.54) is 4.31 Å². The van der Waals surface area contributed by atoms with Crippen molar-refractivity contribution < 1.29 is 18.3 Å². The highest BCUT2D eigenvalue weighted by Crippen LogP contribution is 2.32. The van der Waals surface area contributed by atoms with Crippen molar-refractivity contribution >= 4 is 21.7 Å². The van der Waals surface area contributed by atoms with E-state index < -0.39 is 16.0 Å². The largest absolute Gasteiger partial charge is 0.481 e. The third-order valence-corrected chi connectivity index (χ3v) is 5.01. The maximum atomic E-state index is 12.3. The lowest BCUT2D eigenvalue weighted by atomic mass is 10.3. The normalized spacial score (nSPS) is 15.2. The zero-order valence-corrected chi connectivity index (χ0v) is 11.3. The van der Waals surface area contributed by atoms with E-state index in [2.05, 4.69) is 0 Å². The Morgan fingerprint density at radius 1 is 1.26 bits per heavy atom. The Balaban J connectivity index is 2.20. The second-order valence-electron chi connectivity index (χ2n) is 4.77. The molecule has 0 radical (unpaired) electrons. The van der Waals surface area contributed by atoms with Crippen LogP contribution in [0.2, 0.25) is 0 Å². The number of nitrogens with zero attached hydrogens (tertiary/aromatic N) is 1. The van der Waals surface area contributed by atoms with E-state index >= 15 is 0 Å². The van der Waals surface area contributed by atoms with Crippen molar-refractivity contribution in [3.05, 3.63) is 30.3 Å². The molecule has 1 aromatic rings. The molecule has 1 fully saturated rings. The summed E-state index contributed by atoms with van der Waals surface area (Å²) in [6.07, 6.45) is 1.69. The number of carbonyl (C=O) groups is 1. The fraction of sp³-hybridized carbons (Fsp3) is 0.462. The van der Waals surface area contributed by atoms with Gasteiger partial charge in [0.25, 0.3) is 0 Å². The lowest BCUT2D eigenvalue weighted by molar-refractivity contribution is -0.136. The van der Waals surface area contributed by atoms with E-state index in [4.69, 9.17) is 5.11 Å². The van der Waals surface area contributed by atoms with Crippen LogP contribution in [0.5, 0.6) is 0 Å². The maximum absolute atomic E-state index is 12.3. The summed E-state index contributed by atoms with van der Waals surface area (Å²) < 4.78 is 25.9. The number of carboxylic acids is 1. The van der Waals surface area contributed by atoms with Gasteiger partial charge in [0.2, 0.25) is 10.0 Å². The quantitative estimate of drug-likeness (QED) is 0.826. The lowest BCUT2D eigenvalue weighted by Crippen LogP contribution is -2.35. The molecule has 6 heteroatoms. The zero-order valence-electron chi connectivity index (χ0n) is 10.5. The topological polar surface area (TPSA) is 74.7 Å². The predicted molar refractivity (Wildman–Crippen MR) is 72.6 cm³/mol. The van der Waals surface area contributed by atoms with Crippen molar-refractivity contribution in [2.24, 2.45) is 5.92 Å². The molecular formula is C13H17NO4S. The molecule has 1 saturated carbocycles. The van der Waals surface area contributed by atoms with Gasteiger partial charge in [0.05, 0.1) is 17.9 Å². The number of aliphatic carboxylic acids is 1. The Kier molecular flexibility index (Phi) is 4.09. The van der Waals surface area contributed by atoms with Gasteiger partial charge in [-0.25, -0.2) is 8.42 Å². The number of benzene rings is 1. The first-order chi connectivity index (χ1) is 8.99. The average molecular weight is 283 g/mol. The van der Waals surface area contributed by atoms with E-state index in [1.807, 2.05) is 0 Å². The van der Waals surface area contributed by atoms with Gasteiger partial charge >= 0.3 is 5.97 Å². The number of rotatable bonds is 7. The maximum Gasteiger partial charge on any atom is 0.305 e. The van der Waals surface area contributed by atoms with Crippen LogP contribution < -0.4 is 4.31 Å². The summed E-state index contributed by atoms with van der Waals surface area (Å²) in [7, 11) is -3.44. The van der Waals surface area contributed by atoms with Crippen LogP contribution in [0.25, 0.3) is 0 Å². The molecule has 19 heavy (non-hydrogen) atoms. The number of para-hydroxylation sites is 1. The number of hydrogen-bond donors (Lipinski definition) is 1. The molecule has 1 aromatic carbocycles. The van der Waals surface area contributed by atoms with E-state index in [-0.39, 0.29) is 24.6 Å². The molecule has 5 nitrogen and oxygen atoms in total. The SMILES string of the molecule is O=C(O)CCN(c1ccccc1)S(=O)(=O)CC1CC1. The summed E-state index contributed by atoms with van der Waals surface area (Å²) in [5.41, 5.74) is 0.532. The number of carboxylic acid groups (broad SMARTS) is 1. The van der Waals surface area contributed by atoms with Gasteiger partial charge in [-0.2, -0.15) is 0 Å². The molecule has 104 valence electrons. The monoisotopic (exact) mass is 283 g/mol. The summed E-state index contributed by atoms with van der Waals surface area (Å²) in [6, 6.07) is 8.66. The zero-order chi connectivity index (χ0) is 13.9. The van der Waals surface area contributed by atoms with Crippen LogP contribution in [-0.4, -0.2) is 31.8 Å². The summed E-state index contributed by atoms with van der Waals surface area (Å²) in [4.78, 5) is 10.7. The summed E-state index contributed by atoms with van der Waals surface area (Å²) in [5.74, 6) is -0.648. The Labute approximate surface area is 112 Å². The fourth-order valence-electron chi connectivity index (χ4n) is 1.89. The highest BCUT2D eigenvalue weighted by molar-refractivity contribution is 7.92. The van der Waals surface area contributed by atoms with Crippen LogP contribution in [-0.2, 0) is 14.8 Å². The number of anilines is 1. The van der Waals surface area contributed by atoms with Crippen LogP contribution in [0.1, 0.15) is 19.3 Å². The van der Waals surface area contributed by atoms with Gasteiger partial charge in [0.15, 0.2) is 0 Å². The fourth-order valence-corrected chi connectivity index (χ4v) is 3.81. The third-order valence-electron chi connectivity index (χ3n) is 3.05. The lowest BCUT2D eigenvalue weighted by Gasteiger charge is -2.23. The molecule has 0 bridgehead atoms. The van der Waals surface area contributed by atoms with Crippen LogP contribution in [0, 0.1) is 5.92 Å². The Morgan fingerprint density at radius 3 is 2.42 bits per heavy atom. The summed E-state index contributed by atoms with van der Waals surface area (Å²) in [6.45, 7) is -0.0194. The van der Waals surface area contributed by atoms with E-state index in [1.54, 1.807) is 30.3 Å². The van der Waals surface area contributed by atoms with Gasteiger partial charge in [-0.15, -0.1) is 0 Å². The Morgan fingerprint density at radius 2 is 1.89 bits per heavy atom. The van der Waals surface area contributed by atoms with Crippen molar-refractivity contribution in [3.63, 3.8) is 0 Å². The second-order valence-corrected chi connectivity index (χ2v) is 6.71. The molecule has 1 N–H and O–H groups in total. The highest BCUT2D eigenvalue weighted by atomic mass is 32.2. The van der Waals surface area contributed by atoms with Crippen LogP contribution >= 0.6 is 0 Å². The van der Waals surface area contributed by atoms with Crippen LogP contribution in [0.15, 0.2) is 30.3 Å². The van der Waals surface area contributed by atoms with Gasteiger partial charge < -0.3 is 5.11 Å². The first-order valence-corrected chi connectivity index (χ1v) is 7.87. The first kappa shape index (κ1) is 13.9. The Bertz CT molecular complexity index is 537. The van der Waals surface area contributed by atoms with Gasteiger partial charge in [0, 0.05) is 6.54 Å². The number of sulfonamides is 1. The molecule has 0 saturated heterocycles. The average Bonchev–Trinajstić information content (AvgIpc) is 3.13. The first-order valence-electron chi connectivity index (χ1n) is 6.26. The van der Waals surface area contributed by atoms with Gasteiger partial charge in [-0.1, -0.05) is 18.2 Å². The summed E-state index contributed by atoms with van der Waals surface area (Å²) in [5, 5.41) is 8.75. The third kappa shape index (κ3) is 3.96. The van der Waals surface area contributed by atoms with Crippen LogP contribution in [0.4, 0.5) is 5.69 Å². The minimum atomic E-state index is -3.44. The summed E-state index contributed by atoms with van der Waals surface area (Å²) >= 11 is 0. The minimum Gasteiger partial charge on any atom is -0.481 e. The van der Waals surface area contributed by atoms with E-state index in [9.17, 15) is 13.2 Å². The smallest absolute Gasteiger partial charge is 0.305 e. The van der Waals surface area contributed by atoms with Crippen molar-refractivity contribution in [3.8, 4) is 0 Å². The van der Waals surface area contributed by atoms with Crippen molar-refractivity contribution in [1.82, 2.24) is 0 Å². The number of hydrogen-bond acceptors (Lipinski definition) is 3. The van der Waals surface area contributed by atoms with E-state index in [0.29, 0.717) is 5.69 Å². The van der Waals surface area contributed by atoms with Crippen molar-refractivity contribution in [2.75, 3.05) is 16.6 Å². The molecule has 0 spiro atoms. The minimum absolute atomic E-state index is 0.0194. The molecule has 0 atom stereocenters. The highest BCUT2D eigenvalue weighted by Gasteiger charge is 2.32. The standard InChI is InChI=1S/C13H17NO4S/c15-13(16)8-9-14(12-4-2-1-3-5-12)19(17,18)10-11-6-7-11/h1-5,11H,6-10H2,(H,15,16). The predicted octanol–water partition coefficient (Wildman–Crippen LogP) is 1.71. The molecule has 0 unspecified atom stereocenters. The van der Waals surface area contributed by atoms with Crippen molar-refractivity contribution in [1.29, 1.82) is 0 Å². The van der Waals surface area contributed by atoms with Crippen molar-refractivity contribution in [2.45, 2.75) is 19.3 Å².